The van der Waals surface area contributed by atoms with Crippen LogP contribution in [0.15, 0.2) is 11.8 Å². The van der Waals surface area contributed by atoms with Crippen molar-refractivity contribution in [3.8, 4) is 0 Å². The monoisotopic (exact) mass is 308 g/mol. The number of hydrogen-bond acceptors (Lipinski definition) is 1. The zero-order valence-corrected chi connectivity index (χ0v) is 12.8. The van der Waals surface area contributed by atoms with E-state index in [9.17, 15) is 17.6 Å². The summed E-state index contributed by atoms with van der Waals surface area (Å²) in [6.45, 7) is 4.70. The largest absolute Gasteiger partial charge is 0.434 e. The van der Waals surface area contributed by atoms with Gasteiger partial charge in [-0.1, -0.05) is 26.7 Å². The van der Waals surface area contributed by atoms with Crippen molar-refractivity contribution < 1.29 is 22.3 Å². The summed E-state index contributed by atoms with van der Waals surface area (Å²) in [5.74, 6) is -0.397. The average Bonchev–Trinajstić information content (AvgIpc) is 2.37. The fourth-order valence-electron chi connectivity index (χ4n) is 3.61. The Labute approximate surface area is 123 Å². The van der Waals surface area contributed by atoms with Crippen LogP contribution in [0, 0.1) is 17.3 Å². The van der Waals surface area contributed by atoms with E-state index in [4.69, 9.17) is 0 Å². The second kappa shape index (κ2) is 5.81. The Kier molecular flexibility index (Phi) is 4.60. The average molecular weight is 308 g/mol. The molecule has 0 saturated heterocycles. The van der Waals surface area contributed by atoms with Crippen LogP contribution < -0.4 is 0 Å². The van der Waals surface area contributed by atoms with Gasteiger partial charge < -0.3 is 4.74 Å². The van der Waals surface area contributed by atoms with Crippen molar-refractivity contribution >= 4 is 0 Å². The third-order valence-corrected chi connectivity index (χ3v) is 5.12. The van der Waals surface area contributed by atoms with Crippen molar-refractivity contribution in [3.63, 3.8) is 0 Å². The lowest BCUT2D eigenvalue weighted by atomic mass is 9.61. The topological polar surface area (TPSA) is 9.23 Å². The van der Waals surface area contributed by atoms with Crippen molar-refractivity contribution in [2.24, 2.45) is 17.3 Å². The molecule has 0 N–H and O–H groups in total. The predicted molar refractivity (Wildman–Crippen MR) is 73.4 cm³/mol. The molecule has 0 aromatic rings. The van der Waals surface area contributed by atoms with E-state index in [2.05, 4.69) is 11.7 Å². The van der Waals surface area contributed by atoms with E-state index in [1.165, 1.54) is 6.08 Å². The maximum atomic E-state index is 14.5. The first-order chi connectivity index (χ1) is 9.62. The van der Waals surface area contributed by atoms with Crippen LogP contribution in [0.3, 0.4) is 0 Å². The molecule has 3 unspecified atom stereocenters. The SMILES string of the molecule is CC1CCC(C)(C2CC=C(OC(C)(F)F)C(F)C2F)CC1. The van der Waals surface area contributed by atoms with E-state index in [-0.39, 0.29) is 11.8 Å². The Morgan fingerprint density at radius 1 is 1.24 bits per heavy atom. The molecule has 1 fully saturated rings. The second-order valence-corrected chi connectivity index (χ2v) is 7.04. The van der Waals surface area contributed by atoms with Gasteiger partial charge in [0.05, 0.1) is 0 Å². The van der Waals surface area contributed by atoms with Crippen molar-refractivity contribution in [1.29, 1.82) is 0 Å². The lowest BCUT2D eigenvalue weighted by molar-refractivity contribution is -0.209. The van der Waals surface area contributed by atoms with E-state index < -0.39 is 30.1 Å². The third-order valence-electron chi connectivity index (χ3n) is 5.12. The van der Waals surface area contributed by atoms with Crippen LogP contribution in [0.25, 0.3) is 0 Å². The van der Waals surface area contributed by atoms with Gasteiger partial charge in [0.15, 0.2) is 6.17 Å². The Morgan fingerprint density at radius 2 is 1.81 bits per heavy atom. The first-order valence-corrected chi connectivity index (χ1v) is 7.67. The summed E-state index contributed by atoms with van der Waals surface area (Å²) in [5, 5.41) is 0. The molecule has 0 aromatic carbocycles. The summed E-state index contributed by atoms with van der Waals surface area (Å²) in [7, 11) is 0. The summed E-state index contributed by atoms with van der Waals surface area (Å²) in [4.78, 5) is 0. The molecular weight excluding hydrogens is 284 g/mol. The van der Waals surface area contributed by atoms with Crippen LogP contribution in [-0.4, -0.2) is 18.5 Å². The number of halogens is 4. The summed E-state index contributed by atoms with van der Waals surface area (Å²) in [5.41, 5.74) is -0.257. The highest BCUT2D eigenvalue weighted by Crippen LogP contribution is 2.50. The van der Waals surface area contributed by atoms with Gasteiger partial charge in [0.25, 0.3) is 0 Å². The third kappa shape index (κ3) is 3.72. The van der Waals surface area contributed by atoms with E-state index in [0.717, 1.165) is 25.7 Å². The highest BCUT2D eigenvalue weighted by Gasteiger charge is 2.48. The van der Waals surface area contributed by atoms with Crippen molar-refractivity contribution in [2.75, 3.05) is 0 Å². The van der Waals surface area contributed by atoms with Crippen molar-refractivity contribution in [3.05, 3.63) is 11.8 Å². The molecule has 2 aliphatic carbocycles. The van der Waals surface area contributed by atoms with E-state index in [1.807, 2.05) is 6.92 Å². The minimum absolute atomic E-state index is 0.257. The Balaban J connectivity index is 2.11. The molecule has 122 valence electrons. The number of rotatable bonds is 3. The first-order valence-electron chi connectivity index (χ1n) is 7.67. The van der Waals surface area contributed by atoms with Crippen LogP contribution in [0.4, 0.5) is 17.6 Å². The number of allylic oxidation sites excluding steroid dienone is 2. The lowest BCUT2D eigenvalue weighted by Gasteiger charge is -2.45. The zero-order valence-electron chi connectivity index (χ0n) is 12.8. The van der Waals surface area contributed by atoms with Gasteiger partial charge in [0.2, 0.25) is 0 Å². The number of hydrogen-bond donors (Lipinski definition) is 0. The second-order valence-electron chi connectivity index (χ2n) is 7.04. The Hall–Kier alpha value is -0.740. The fraction of sp³-hybridized carbons (Fsp3) is 0.875. The van der Waals surface area contributed by atoms with Crippen LogP contribution >= 0.6 is 0 Å². The molecule has 21 heavy (non-hydrogen) atoms. The molecule has 2 aliphatic rings. The molecular formula is C16H24F4O. The summed E-state index contributed by atoms with van der Waals surface area (Å²) >= 11 is 0. The maximum absolute atomic E-state index is 14.5. The quantitative estimate of drug-likeness (QED) is 0.633. The van der Waals surface area contributed by atoms with E-state index >= 15 is 0 Å². The molecule has 1 nitrogen and oxygen atoms in total. The summed E-state index contributed by atoms with van der Waals surface area (Å²) < 4.78 is 58.5. The molecule has 0 spiro atoms. The minimum atomic E-state index is -3.48. The van der Waals surface area contributed by atoms with E-state index in [1.54, 1.807) is 0 Å². The Bertz CT molecular complexity index is 394. The van der Waals surface area contributed by atoms with Gasteiger partial charge in [0.1, 0.15) is 11.9 Å². The molecule has 0 amide bonds. The first kappa shape index (κ1) is 16.6. The van der Waals surface area contributed by atoms with Crippen molar-refractivity contribution in [1.82, 2.24) is 0 Å². The predicted octanol–water partition coefficient (Wildman–Crippen LogP) is 5.41. The van der Waals surface area contributed by atoms with Gasteiger partial charge in [-0.2, -0.15) is 8.78 Å². The molecule has 1 saturated carbocycles. The highest BCUT2D eigenvalue weighted by atomic mass is 19.3. The molecule has 2 rings (SSSR count). The van der Waals surface area contributed by atoms with Gasteiger partial charge >= 0.3 is 6.11 Å². The zero-order chi connectivity index (χ0) is 15.8. The fourth-order valence-corrected chi connectivity index (χ4v) is 3.61. The molecule has 0 aromatic heterocycles. The van der Waals surface area contributed by atoms with Gasteiger partial charge in [0, 0.05) is 12.8 Å². The van der Waals surface area contributed by atoms with Gasteiger partial charge in [-0.15, -0.1) is 0 Å². The van der Waals surface area contributed by atoms with Crippen LogP contribution in [0.1, 0.15) is 52.9 Å². The smallest absolute Gasteiger partial charge is 0.394 e. The molecule has 0 radical (unpaired) electrons. The Morgan fingerprint density at radius 3 is 2.33 bits per heavy atom. The van der Waals surface area contributed by atoms with Crippen LogP contribution in [-0.2, 0) is 4.74 Å². The lowest BCUT2D eigenvalue weighted by Crippen LogP contribution is -2.44. The van der Waals surface area contributed by atoms with Crippen LogP contribution in [0.5, 0.6) is 0 Å². The summed E-state index contributed by atoms with van der Waals surface area (Å²) in [6.07, 6.45) is -2.03. The van der Waals surface area contributed by atoms with Crippen LogP contribution in [0.2, 0.25) is 0 Å². The van der Waals surface area contributed by atoms with Gasteiger partial charge in [-0.25, -0.2) is 8.78 Å². The highest BCUT2D eigenvalue weighted by molar-refractivity contribution is 5.13. The standard InChI is InChI=1S/C16H24F4O/c1-10-6-8-15(2,9-7-10)11-4-5-12(14(18)13(11)17)21-16(3,19)20/h5,10-11,13-14H,4,6-9H2,1-3H3. The number of ether oxygens (including phenoxy) is 1. The van der Waals surface area contributed by atoms with Gasteiger partial charge in [-0.05, 0) is 36.7 Å². The molecule has 3 atom stereocenters. The molecule has 0 heterocycles. The minimum Gasteiger partial charge on any atom is -0.434 e. The maximum Gasteiger partial charge on any atom is 0.394 e. The van der Waals surface area contributed by atoms with Crippen molar-refractivity contribution in [2.45, 2.75) is 71.3 Å². The van der Waals surface area contributed by atoms with Gasteiger partial charge in [-0.3, -0.25) is 0 Å². The molecule has 5 heteroatoms. The number of alkyl halides is 4. The van der Waals surface area contributed by atoms with E-state index in [0.29, 0.717) is 12.8 Å². The molecule has 0 bridgehead atoms. The normalized spacial score (nSPS) is 41.6. The summed E-state index contributed by atoms with van der Waals surface area (Å²) in [6, 6.07) is 0. The molecule has 0 aliphatic heterocycles.